The van der Waals surface area contributed by atoms with Gasteiger partial charge in [0.2, 0.25) is 5.88 Å². The van der Waals surface area contributed by atoms with Gasteiger partial charge in [-0.15, -0.1) is 0 Å². The van der Waals surface area contributed by atoms with Crippen molar-refractivity contribution in [3.05, 3.63) is 23.4 Å². The molecule has 1 saturated heterocycles. The van der Waals surface area contributed by atoms with Crippen LogP contribution in [0.4, 0.5) is 4.79 Å². The van der Waals surface area contributed by atoms with E-state index < -0.39 is 9.84 Å². The van der Waals surface area contributed by atoms with E-state index >= 15 is 0 Å². The SMILES string of the molecule is O=C(NCCOc1ccc(Cl)cn1)N1CCS(=O)(=O)CC1. The summed E-state index contributed by atoms with van der Waals surface area (Å²) in [5.74, 6) is 0.467. The largest absolute Gasteiger partial charge is 0.476 e. The van der Waals surface area contributed by atoms with E-state index in [1.807, 2.05) is 0 Å². The maximum Gasteiger partial charge on any atom is 0.317 e. The van der Waals surface area contributed by atoms with E-state index in [4.69, 9.17) is 16.3 Å². The standard InChI is InChI=1S/C12H16ClN3O4S/c13-10-1-2-11(15-9-10)20-6-3-14-12(17)16-4-7-21(18,19)8-5-16/h1-2,9H,3-8H2,(H,14,17). The second kappa shape index (κ2) is 6.95. The molecule has 0 saturated carbocycles. The first kappa shape index (κ1) is 15.8. The van der Waals surface area contributed by atoms with Crippen LogP contribution >= 0.6 is 11.6 Å². The van der Waals surface area contributed by atoms with Crippen molar-refractivity contribution in [2.24, 2.45) is 0 Å². The van der Waals surface area contributed by atoms with Crippen LogP contribution in [0.1, 0.15) is 0 Å². The van der Waals surface area contributed by atoms with Gasteiger partial charge >= 0.3 is 6.03 Å². The van der Waals surface area contributed by atoms with Crippen LogP contribution in [-0.2, 0) is 9.84 Å². The fraction of sp³-hybridized carbons (Fsp3) is 0.500. The Balaban J connectivity index is 1.67. The number of nitrogens with one attached hydrogen (secondary N) is 1. The summed E-state index contributed by atoms with van der Waals surface area (Å²) in [6, 6.07) is 3.02. The van der Waals surface area contributed by atoms with Crippen LogP contribution in [0.25, 0.3) is 0 Å². The molecule has 2 heterocycles. The lowest BCUT2D eigenvalue weighted by Gasteiger charge is -2.26. The molecule has 0 aliphatic carbocycles. The first-order chi connectivity index (χ1) is 9.96. The fourth-order valence-electron chi connectivity index (χ4n) is 1.79. The molecule has 7 nitrogen and oxygen atoms in total. The number of aromatic nitrogens is 1. The van der Waals surface area contributed by atoms with Gasteiger partial charge in [-0.05, 0) is 6.07 Å². The summed E-state index contributed by atoms with van der Waals surface area (Å²) < 4.78 is 27.9. The Morgan fingerprint density at radius 3 is 2.71 bits per heavy atom. The van der Waals surface area contributed by atoms with E-state index in [-0.39, 0.29) is 37.2 Å². The topological polar surface area (TPSA) is 88.6 Å². The summed E-state index contributed by atoms with van der Waals surface area (Å²) in [6.07, 6.45) is 1.48. The van der Waals surface area contributed by atoms with Crippen LogP contribution in [-0.4, -0.2) is 62.1 Å². The van der Waals surface area contributed by atoms with Crippen molar-refractivity contribution < 1.29 is 17.9 Å². The van der Waals surface area contributed by atoms with Gasteiger partial charge < -0.3 is 15.0 Å². The minimum atomic E-state index is -2.98. The summed E-state index contributed by atoms with van der Waals surface area (Å²) in [4.78, 5) is 17.2. The highest BCUT2D eigenvalue weighted by atomic mass is 35.5. The zero-order chi connectivity index (χ0) is 15.3. The normalized spacial score (nSPS) is 17.3. The second-order valence-corrected chi connectivity index (χ2v) is 7.27. The van der Waals surface area contributed by atoms with Crippen molar-refractivity contribution >= 4 is 27.5 Å². The smallest absolute Gasteiger partial charge is 0.317 e. The van der Waals surface area contributed by atoms with E-state index in [0.717, 1.165) is 0 Å². The number of pyridine rings is 1. The molecule has 0 radical (unpaired) electrons. The van der Waals surface area contributed by atoms with Crippen molar-refractivity contribution in [1.82, 2.24) is 15.2 Å². The zero-order valence-corrected chi connectivity index (χ0v) is 12.9. The van der Waals surface area contributed by atoms with Gasteiger partial charge in [-0.3, -0.25) is 0 Å². The number of carbonyl (C=O) groups is 1. The van der Waals surface area contributed by atoms with Gasteiger partial charge in [0.05, 0.1) is 23.1 Å². The van der Waals surface area contributed by atoms with E-state index in [2.05, 4.69) is 10.3 Å². The Morgan fingerprint density at radius 1 is 1.38 bits per heavy atom. The minimum Gasteiger partial charge on any atom is -0.476 e. The van der Waals surface area contributed by atoms with Gasteiger partial charge in [-0.25, -0.2) is 18.2 Å². The molecule has 0 atom stereocenters. The number of halogens is 1. The van der Waals surface area contributed by atoms with Crippen LogP contribution in [0, 0.1) is 0 Å². The number of hydrogen-bond acceptors (Lipinski definition) is 5. The molecule has 0 unspecified atom stereocenters. The number of rotatable bonds is 4. The fourth-order valence-corrected chi connectivity index (χ4v) is 3.10. The molecule has 0 spiro atoms. The molecule has 1 aliphatic rings. The lowest BCUT2D eigenvalue weighted by atomic mass is 10.5. The van der Waals surface area contributed by atoms with Gasteiger partial charge in [0.1, 0.15) is 6.61 Å². The summed E-state index contributed by atoms with van der Waals surface area (Å²) >= 11 is 5.70. The van der Waals surface area contributed by atoms with Gasteiger partial charge in [0.15, 0.2) is 9.84 Å². The van der Waals surface area contributed by atoms with Crippen LogP contribution in [0.3, 0.4) is 0 Å². The number of urea groups is 1. The summed E-state index contributed by atoms with van der Waals surface area (Å²) in [6.45, 7) is 1.04. The van der Waals surface area contributed by atoms with Crippen molar-refractivity contribution in [2.45, 2.75) is 0 Å². The van der Waals surface area contributed by atoms with Crippen molar-refractivity contribution in [1.29, 1.82) is 0 Å². The van der Waals surface area contributed by atoms with Crippen LogP contribution < -0.4 is 10.1 Å². The maximum absolute atomic E-state index is 11.8. The van der Waals surface area contributed by atoms with Crippen LogP contribution in [0.5, 0.6) is 5.88 Å². The van der Waals surface area contributed by atoms with Gasteiger partial charge in [0.25, 0.3) is 0 Å². The molecule has 9 heteroatoms. The number of amides is 2. The van der Waals surface area contributed by atoms with Crippen molar-refractivity contribution in [3.8, 4) is 5.88 Å². The molecule has 21 heavy (non-hydrogen) atoms. The summed E-state index contributed by atoms with van der Waals surface area (Å²) in [5.41, 5.74) is 0. The third-order valence-electron chi connectivity index (χ3n) is 2.96. The quantitative estimate of drug-likeness (QED) is 0.813. The molecular formula is C12H16ClN3O4S. The third kappa shape index (κ3) is 5.05. The monoisotopic (exact) mass is 333 g/mol. The lowest BCUT2D eigenvalue weighted by molar-refractivity contribution is 0.198. The van der Waals surface area contributed by atoms with Crippen molar-refractivity contribution in [2.75, 3.05) is 37.7 Å². The Bertz CT molecular complexity index is 577. The molecule has 1 aliphatic heterocycles. The van der Waals surface area contributed by atoms with Gasteiger partial charge in [-0.1, -0.05) is 11.6 Å². The highest BCUT2D eigenvalue weighted by Gasteiger charge is 2.24. The second-order valence-electron chi connectivity index (χ2n) is 4.53. The molecule has 0 aromatic carbocycles. The summed E-state index contributed by atoms with van der Waals surface area (Å²) in [7, 11) is -2.98. The number of ether oxygens (including phenoxy) is 1. The number of sulfone groups is 1. The molecule has 1 fully saturated rings. The Kier molecular flexibility index (Phi) is 5.24. The number of nitrogens with zero attached hydrogens (tertiary/aromatic N) is 2. The molecule has 116 valence electrons. The predicted octanol–water partition coefficient (Wildman–Crippen LogP) is 0.554. The molecule has 1 N–H and O–H groups in total. The maximum atomic E-state index is 11.8. The van der Waals surface area contributed by atoms with Gasteiger partial charge in [-0.2, -0.15) is 0 Å². The van der Waals surface area contributed by atoms with Crippen molar-refractivity contribution in [3.63, 3.8) is 0 Å². The molecular weight excluding hydrogens is 318 g/mol. The highest BCUT2D eigenvalue weighted by Crippen LogP contribution is 2.11. The third-order valence-corrected chi connectivity index (χ3v) is 4.79. The molecule has 2 rings (SSSR count). The minimum absolute atomic E-state index is 0.0195. The van der Waals surface area contributed by atoms with E-state index in [9.17, 15) is 13.2 Å². The number of hydrogen-bond donors (Lipinski definition) is 1. The highest BCUT2D eigenvalue weighted by molar-refractivity contribution is 7.91. The summed E-state index contributed by atoms with van der Waals surface area (Å²) in [5, 5.41) is 3.20. The van der Waals surface area contributed by atoms with E-state index in [1.54, 1.807) is 12.1 Å². The van der Waals surface area contributed by atoms with Gasteiger partial charge in [0, 0.05) is 25.4 Å². The number of carbonyl (C=O) groups excluding carboxylic acids is 1. The average Bonchev–Trinajstić information content (AvgIpc) is 2.45. The Labute approximate surface area is 128 Å². The molecule has 1 aromatic heterocycles. The average molecular weight is 334 g/mol. The van der Waals surface area contributed by atoms with E-state index in [1.165, 1.54) is 11.1 Å². The first-order valence-corrected chi connectivity index (χ1v) is 8.64. The van der Waals surface area contributed by atoms with Crippen LogP contribution in [0.15, 0.2) is 18.3 Å². The van der Waals surface area contributed by atoms with E-state index in [0.29, 0.717) is 17.4 Å². The zero-order valence-electron chi connectivity index (χ0n) is 11.3. The molecule has 2 amide bonds. The molecule has 1 aromatic rings. The lowest BCUT2D eigenvalue weighted by Crippen LogP contribution is -2.48. The predicted molar refractivity (Wildman–Crippen MR) is 78.4 cm³/mol. The first-order valence-electron chi connectivity index (χ1n) is 6.44. The Hall–Kier alpha value is -1.54. The van der Waals surface area contributed by atoms with Crippen LogP contribution in [0.2, 0.25) is 5.02 Å². The molecule has 0 bridgehead atoms. The Morgan fingerprint density at radius 2 is 2.10 bits per heavy atom.